The van der Waals surface area contributed by atoms with Crippen LogP contribution in [0.15, 0.2) is 42.2 Å². The molecule has 0 fully saturated rings. The number of nitrogens with zero attached hydrogens (tertiary/aromatic N) is 1. The Kier molecular flexibility index (Phi) is 3.46. The van der Waals surface area contributed by atoms with Crippen LogP contribution >= 0.6 is 0 Å². The normalized spacial score (nSPS) is 14.5. The first-order valence-electron chi connectivity index (χ1n) is 6.60. The molecule has 0 saturated carbocycles. The van der Waals surface area contributed by atoms with Gasteiger partial charge in [0.2, 0.25) is 5.78 Å². The first kappa shape index (κ1) is 14.6. The van der Waals surface area contributed by atoms with Crippen LogP contribution in [0.4, 0.5) is 5.69 Å². The number of ether oxygens (including phenoxy) is 2. The third-order valence-corrected chi connectivity index (χ3v) is 3.38. The Morgan fingerprint density at radius 2 is 2.04 bits per heavy atom. The number of allylic oxidation sites excluding steroid dienone is 1. The molecule has 0 radical (unpaired) electrons. The number of aromatic hydroxyl groups is 1. The summed E-state index contributed by atoms with van der Waals surface area (Å²) < 4.78 is 10.4. The molecule has 0 saturated heterocycles. The van der Waals surface area contributed by atoms with Crippen molar-refractivity contribution in [3.05, 3.63) is 63.4 Å². The molecule has 1 N–H and O–H groups in total. The number of rotatable bonds is 3. The molecular weight excluding hydrogens is 302 g/mol. The minimum atomic E-state index is -0.543. The van der Waals surface area contributed by atoms with Crippen molar-refractivity contribution in [1.29, 1.82) is 0 Å². The number of carbonyl (C=O) groups excluding carboxylic acids is 1. The molecule has 2 aromatic carbocycles. The number of phenols is 1. The lowest BCUT2D eigenvalue weighted by Gasteiger charge is -2.03. The molecule has 7 nitrogen and oxygen atoms in total. The number of ketones is 1. The van der Waals surface area contributed by atoms with E-state index >= 15 is 0 Å². The monoisotopic (exact) mass is 313 g/mol. The van der Waals surface area contributed by atoms with Crippen molar-refractivity contribution in [2.45, 2.75) is 0 Å². The topological polar surface area (TPSA) is 98.9 Å². The third-order valence-electron chi connectivity index (χ3n) is 3.38. The smallest absolute Gasteiger partial charge is 0.276 e. The van der Waals surface area contributed by atoms with E-state index < -0.39 is 10.7 Å². The molecule has 23 heavy (non-hydrogen) atoms. The zero-order valence-corrected chi connectivity index (χ0v) is 12.0. The molecule has 0 spiro atoms. The Morgan fingerprint density at radius 3 is 2.74 bits per heavy atom. The molecule has 0 bridgehead atoms. The highest BCUT2D eigenvalue weighted by Gasteiger charge is 2.32. The first-order valence-corrected chi connectivity index (χ1v) is 6.60. The van der Waals surface area contributed by atoms with Crippen molar-refractivity contribution in [3.63, 3.8) is 0 Å². The van der Waals surface area contributed by atoms with Gasteiger partial charge in [0.15, 0.2) is 5.76 Å². The predicted octanol–water partition coefficient (Wildman–Crippen LogP) is 2.93. The van der Waals surface area contributed by atoms with E-state index in [1.165, 1.54) is 43.5 Å². The lowest BCUT2D eigenvalue weighted by molar-refractivity contribution is -0.385. The second-order valence-corrected chi connectivity index (χ2v) is 4.78. The molecule has 3 rings (SSSR count). The zero-order valence-electron chi connectivity index (χ0n) is 12.0. The predicted molar refractivity (Wildman–Crippen MR) is 80.7 cm³/mol. The number of nitro benzene ring substituents is 1. The van der Waals surface area contributed by atoms with Crippen molar-refractivity contribution in [1.82, 2.24) is 0 Å². The maximum absolute atomic E-state index is 12.3. The molecule has 1 aliphatic rings. The summed E-state index contributed by atoms with van der Waals surface area (Å²) >= 11 is 0. The summed E-state index contributed by atoms with van der Waals surface area (Å²) in [4.78, 5) is 22.8. The molecule has 2 aromatic rings. The van der Waals surface area contributed by atoms with Gasteiger partial charge in [-0.05, 0) is 12.1 Å². The van der Waals surface area contributed by atoms with Crippen LogP contribution in [0.1, 0.15) is 15.9 Å². The van der Waals surface area contributed by atoms with Gasteiger partial charge in [0.05, 0.1) is 17.6 Å². The Morgan fingerprint density at radius 1 is 1.30 bits per heavy atom. The van der Waals surface area contributed by atoms with Gasteiger partial charge in [0.1, 0.15) is 22.8 Å². The Bertz CT molecular complexity index is 856. The second kappa shape index (κ2) is 5.45. The van der Waals surface area contributed by atoms with Gasteiger partial charge in [0.25, 0.3) is 5.69 Å². The number of hydrogen-bond donors (Lipinski definition) is 1. The second-order valence-electron chi connectivity index (χ2n) is 4.78. The number of fused-ring (bicyclic) bond motifs is 1. The van der Waals surface area contributed by atoms with E-state index in [2.05, 4.69) is 0 Å². The molecule has 0 amide bonds. The fourth-order valence-electron chi connectivity index (χ4n) is 2.30. The van der Waals surface area contributed by atoms with Gasteiger partial charge in [-0.25, -0.2) is 0 Å². The number of benzene rings is 2. The Hall–Kier alpha value is -3.35. The van der Waals surface area contributed by atoms with E-state index in [-0.39, 0.29) is 34.1 Å². The van der Waals surface area contributed by atoms with E-state index in [9.17, 15) is 20.0 Å². The van der Waals surface area contributed by atoms with Gasteiger partial charge in [0, 0.05) is 18.2 Å². The summed E-state index contributed by atoms with van der Waals surface area (Å²) in [6.07, 6.45) is 1.28. The average Bonchev–Trinajstić information content (AvgIpc) is 2.84. The Balaban J connectivity index is 2.06. The molecule has 116 valence electrons. The fraction of sp³-hybridized carbons (Fsp3) is 0.0625. The maximum Gasteiger partial charge on any atom is 0.276 e. The molecule has 0 unspecified atom stereocenters. The number of para-hydroxylation sites is 1. The molecule has 0 atom stereocenters. The molecule has 0 aromatic heterocycles. The summed E-state index contributed by atoms with van der Waals surface area (Å²) in [5, 5.41) is 21.0. The zero-order chi connectivity index (χ0) is 16.6. The van der Waals surface area contributed by atoms with Crippen LogP contribution < -0.4 is 9.47 Å². The van der Waals surface area contributed by atoms with Gasteiger partial charge in [-0.3, -0.25) is 14.9 Å². The quantitative estimate of drug-likeness (QED) is 0.531. The van der Waals surface area contributed by atoms with Gasteiger partial charge < -0.3 is 14.6 Å². The van der Waals surface area contributed by atoms with Crippen LogP contribution in [0.2, 0.25) is 0 Å². The van der Waals surface area contributed by atoms with Crippen LogP contribution in [0, 0.1) is 10.1 Å². The van der Waals surface area contributed by atoms with Crippen molar-refractivity contribution in [3.8, 4) is 17.2 Å². The Labute approximate surface area is 130 Å². The van der Waals surface area contributed by atoms with Gasteiger partial charge in [-0.2, -0.15) is 0 Å². The summed E-state index contributed by atoms with van der Waals surface area (Å²) in [6.45, 7) is 0. The van der Waals surface area contributed by atoms with E-state index in [0.29, 0.717) is 5.75 Å². The van der Waals surface area contributed by atoms with Crippen LogP contribution in [-0.4, -0.2) is 22.9 Å². The van der Waals surface area contributed by atoms with Crippen LogP contribution in [0.5, 0.6) is 17.2 Å². The number of carbonyl (C=O) groups is 1. The van der Waals surface area contributed by atoms with E-state index in [0.717, 1.165) is 0 Å². The summed E-state index contributed by atoms with van der Waals surface area (Å²) in [5.41, 5.74) is 0.102. The van der Waals surface area contributed by atoms with Crippen molar-refractivity contribution in [2.24, 2.45) is 0 Å². The summed E-state index contributed by atoms with van der Waals surface area (Å²) in [6, 6.07) is 8.75. The van der Waals surface area contributed by atoms with E-state index in [1.807, 2.05) is 0 Å². The van der Waals surface area contributed by atoms with Crippen LogP contribution in [-0.2, 0) is 0 Å². The standard InChI is InChI=1S/C16H11NO6/c1-22-10-7-12(18)15-13(8-10)23-14(16(15)19)6-9-4-2-3-5-11(9)17(20)21/h2-8,18H,1H3/b14-6+. The highest BCUT2D eigenvalue weighted by Crippen LogP contribution is 2.41. The largest absolute Gasteiger partial charge is 0.507 e. The molecule has 1 aliphatic heterocycles. The van der Waals surface area contributed by atoms with Crippen LogP contribution in [0.25, 0.3) is 6.08 Å². The lowest BCUT2D eigenvalue weighted by atomic mass is 10.1. The van der Waals surface area contributed by atoms with Crippen molar-refractivity contribution in [2.75, 3.05) is 7.11 Å². The van der Waals surface area contributed by atoms with Crippen LogP contribution in [0.3, 0.4) is 0 Å². The highest BCUT2D eigenvalue weighted by molar-refractivity contribution is 6.16. The number of hydrogen-bond acceptors (Lipinski definition) is 6. The first-order chi connectivity index (χ1) is 11.0. The highest BCUT2D eigenvalue weighted by atomic mass is 16.6. The van der Waals surface area contributed by atoms with Gasteiger partial charge in [-0.1, -0.05) is 12.1 Å². The average molecular weight is 313 g/mol. The summed E-state index contributed by atoms with van der Waals surface area (Å²) in [7, 11) is 1.42. The van der Waals surface area contributed by atoms with E-state index in [4.69, 9.17) is 9.47 Å². The number of Topliss-reactive ketones (excluding diaryl/α,β-unsaturated/α-hetero) is 1. The van der Waals surface area contributed by atoms with Gasteiger partial charge in [-0.15, -0.1) is 0 Å². The fourth-order valence-corrected chi connectivity index (χ4v) is 2.30. The number of phenolic OH excluding ortho intramolecular Hbond substituents is 1. The number of nitro groups is 1. The third kappa shape index (κ3) is 2.48. The van der Waals surface area contributed by atoms with Crippen molar-refractivity contribution >= 4 is 17.5 Å². The van der Waals surface area contributed by atoms with Gasteiger partial charge >= 0.3 is 0 Å². The lowest BCUT2D eigenvalue weighted by Crippen LogP contribution is -1.99. The van der Waals surface area contributed by atoms with E-state index in [1.54, 1.807) is 6.07 Å². The minimum absolute atomic E-state index is 0.00985. The molecule has 1 heterocycles. The summed E-state index contributed by atoms with van der Waals surface area (Å²) in [5.74, 6) is -0.427. The molecular formula is C16H11NO6. The molecule has 7 heteroatoms. The SMILES string of the molecule is COc1cc(O)c2c(c1)O/C(=C/c1ccccc1[N+](=O)[O-])C2=O. The molecule has 0 aliphatic carbocycles. The number of methoxy groups -OCH3 is 1. The maximum atomic E-state index is 12.3. The minimum Gasteiger partial charge on any atom is -0.507 e. The van der Waals surface area contributed by atoms with Crippen molar-refractivity contribution < 1.29 is 24.3 Å².